The van der Waals surface area contributed by atoms with Crippen LogP contribution >= 0.6 is 0 Å². The predicted octanol–water partition coefficient (Wildman–Crippen LogP) is 1.21. The molecule has 242 valence electrons. The molecule has 2 rings (SSSR count). The first-order chi connectivity index (χ1) is 20.6. The van der Waals surface area contributed by atoms with Crippen molar-refractivity contribution < 1.29 is 44.0 Å². The minimum absolute atomic E-state index is 0.221. The third kappa shape index (κ3) is 14.7. The normalized spacial score (nSPS) is 17.3. The molecule has 0 spiro atoms. The average Bonchev–Trinajstić information content (AvgIpc) is 2.95. The number of aryl methyl sites for hydroxylation is 1. The highest BCUT2D eigenvalue weighted by Gasteiger charge is 2.28. The van der Waals surface area contributed by atoms with E-state index in [1.54, 1.807) is 14.7 Å². The number of aliphatic carboxylic acids is 3. The van der Waals surface area contributed by atoms with Crippen LogP contribution in [0.4, 0.5) is 0 Å². The molecule has 1 aromatic rings. The van der Waals surface area contributed by atoms with Gasteiger partial charge in [-0.25, -0.2) is 0 Å². The molecule has 1 aliphatic rings. The van der Waals surface area contributed by atoms with Gasteiger partial charge in [-0.15, -0.1) is 0 Å². The van der Waals surface area contributed by atoms with Crippen LogP contribution in [-0.2, 0) is 30.3 Å². The third-order valence-electron chi connectivity index (χ3n) is 7.50. The van der Waals surface area contributed by atoms with Gasteiger partial charge in [0.1, 0.15) is 11.8 Å². The van der Waals surface area contributed by atoms with Crippen molar-refractivity contribution in [1.29, 1.82) is 0 Å². The number of carboxylic acid groups (broad SMARTS) is 3. The number of nitrogens with zero attached hydrogens (tertiary/aromatic N) is 4. The lowest BCUT2D eigenvalue weighted by molar-refractivity contribution is -0.148. The van der Waals surface area contributed by atoms with Crippen molar-refractivity contribution in [1.82, 2.24) is 19.6 Å². The highest BCUT2D eigenvalue weighted by atomic mass is 16.5. The number of hydrogen-bond acceptors (Lipinski definition) is 10. The maximum absolute atomic E-state index is 13.0. The Kier molecular flexibility index (Phi) is 16.6. The quantitative estimate of drug-likeness (QED) is 0.182. The molecule has 1 fully saturated rings. The zero-order valence-electron chi connectivity index (χ0n) is 25.5. The Bertz CT molecular complexity index is 976. The third-order valence-corrected chi connectivity index (χ3v) is 7.50. The molecule has 0 bridgehead atoms. The molecular weight excluding hydrogens is 560 g/mol. The molecule has 0 amide bonds. The Balaban J connectivity index is 2.16. The first kappa shape index (κ1) is 35.9. The minimum Gasteiger partial charge on any atom is -0.494 e. The number of benzene rings is 1. The van der Waals surface area contributed by atoms with Crippen LogP contribution in [0.15, 0.2) is 24.3 Å². The summed E-state index contributed by atoms with van der Waals surface area (Å²) >= 11 is 0. The number of esters is 1. The zero-order chi connectivity index (χ0) is 31.6. The number of methoxy groups -OCH3 is 1. The van der Waals surface area contributed by atoms with Gasteiger partial charge < -0.3 is 24.8 Å². The SMILES string of the molecule is CCCCOc1ccc(CCCC(C(=O)OC)N2CCN(CC(=O)O)CCN(CC(=O)O)CCN(CC(=O)O)CC2)cc1. The summed E-state index contributed by atoms with van der Waals surface area (Å²) in [5.41, 5.74) is 1.12. The van der Waals surface area contributed by atoms with E-state index in [-0.39, 0.29) is 19.6 Å². The number of carbonyl (C=O) groups is 4. The van der Waals surface area contributed by atoms with Crippen molar-refractivity contribution in [3.05, 3.63) is 29.8 Å². The average molecular weight is 609 g/mol. The molecule has 1 saturated heterocycles. The van der Waals surface area contributed by atoms with Crippen LogP contribution in [0.2, 0.25) is 0 Å². The Labute approximate surface area is 253 Å². The lowest BCUT2D eigenvalue weighted by Crippen LogP contribution is -2.52. The second kappa shape index (κ2) is 19.8. The van der Waals surface area contributed by atoms with Gasteiger partial charge in [0.15, 0.2) is 0 Å². The molecule has 0 radical (unpaired) electrons. The molecule has 13 heteroatoms. The summed E-state index contributed by atoms with van der Waals surface area (Å²) < 4.78 is 10.9. The van der Waals surface area contributed by atoms with Gasteiger partial charge in [-0.3, -0.25) is 38.8 Å². The summed E-state index contributed by atoms with van der Waals surface area (Å²) in [6.45, 7) is 4.75. The summed E-state index contributed by atoms with van der Waals surface area (Å²) in [5, 5.41) is 28.3. The first-order valence-corrected chi connectivity index (χ1v) is 15.0. The lowest BCUT2D eigenvalue weighted by Gasteiger charge is -2.35. The second-order valence-electron chi connectivity index (χ2n) is 10.8. The van der Waals surface area contributed by atoms with Crippen LogP contribution in [0.1, 0.15) is 38.2 Å². The van der Waals surface area contributed by atoms with E-state index in [0.717, 1.165) is 30.6 Å². The molecule has 1 aliphatic heterocycles. The zero-order valence-corrected chi connectivity index (χ0v) is 25.5. The van der Waals surface area contributed by atoms with Crippen molar-refractivity contribution in [3.8, 4) is 5.75 Å². The summed E-state index contributed by atoms with van der Waals surface area (Å²) in [6, 6.07) is 7.35. The molecule has 3 N–H and O–H groups in total. The Morgan fingerprint density at radius 2 is 1.21 bits per heavy atom. The molecule has 1 unspecified atom stereocenters. The van der Waals surface area contributed by atoms with Gasteiger partial charge in [-0.2, -0.15) is 0 Å². The van der Waals surface area contributed by atoms with Gasteiger partial charge in [0.05, 0.1) is 33.4 Å². The standard InChI is InChI=1S/C30H48N4O9/c1-3-4-20-43-25-10-8-24(9-11-25)6-5-7-26(30(41)42-2)34-18-16-32(22-28(37)38)14-12-31(21-27(35)36)13-15-33(17-19-34)23-29(39)40/h8-11,26H,3-7,12-23H2,1-2H3,(H,35,36)(H,37,38)(H,39,40). The number of unbranched alkanes of at least 4 members (excludes halogenated alkanes) is 1. The van der Waals surface area contributed by atoms with Gasteiger partial charge in [0.25, 0.3) is 0 Å². The fraction of sp³-hybridized carbons (Fsp3) is 0.667. The van der Waals surface area contributed by atoms with Gasteiger partial charge in [0.2, 0.25) is 0 Å². The van der Waals surface area contributed by atoms with Crippen molar-refractivity contribution >= 4 is 23.9 Å². The van der Waals surface area contributed by atoms with Gasteiger partial charge in [0, 0.05) is 52.4 Å². The van der Waals surface area contributed by atoms with E-state index >= 15 is 0 Å². The number of carboxylic acids is 3. The smallest absolute Gasteiger partial charge is 0.323 e. The van der Waals surface area contributed by atoms with Gasteiger partial charge in [-0.1, -0.05) is 25.5 Å². The lowest BCUT2D eigenvalue weighted by atomic mass is 10.0. The Hall–Kier alpha value is -3.26. The van der Waals surface area contributed by atoms with E-state index in [1.165, 1.54) is 7.11 Å². The monoisotopic (exact) mass is 608 g/mol. The van der Waals surface area contributed by atoms with Crippen LogP contribution in [-0.4, -0.2) is 151 Å². The predicted molar refractivity (Wildman–Crippen MR) is 159 cm³/mol. The molecular formula is C30H48N4O9. The largest absolute Gasteiger partial charge is 0.494 e. The topological polar surface area (TPSA) is 160 Å². The molecule has 1 aromatic carbocycles. The number of ether oxygens (including phenoxy) is 2. The molecule has 1 heterocycles. The van der Waals surface area contributed by atoms with E-state index in [0.29, 0.717) is 71.8 Å². The number of hydrogen-bond donors (Lipinski definition) is 3. The van der Waals surface area contributed by atoms with Crippen molar-refractivity contribution in [2.45, 2.75) is 45.1 Å². The summed E-state index contributed by atoms with van der Waals surface area (Å²) in [5.74, 6) is -2.57. The van der Waals surface area contributed by atoms with Crippen LogP contribution in [0, 0.1) is 0 Å². The van der Waals surface area contributed by atoms with Crippen molar-refractivity contribution in [3.63, 3.8) is 0 Å². The van der Waals surface area contributed by atoms with E-state index in [9.17, 15) is 34.5 Å². The van der Waals surface area contributed by atoms with E-state index < -0.39 is 29.9 Å². The Morgan fingerprint density at radius 1 is 0.744 bits per heavy atom. The van der Waals surface area contributed by atoms with Crippen LogP contribution in [0.25, 0.3) is 0 Å². The number of rotatable bonds is 16. The van der Waals surface area contributed by atoms with E-state index in [1.807, 2.05) is 29.2 Å². The van der Waals surface area contributed by atoms with Crippen molar-refractivity contribution in [2.75, 3.05) is 85.7 Å². The highest BCUT2D eigenvalue weighted by molar-refractivity contribution is 5.75. The van der Waals surface area contributed by atoms with Crippen LogP contribution in [0.5, 0.6) is 5.75 Å². The van der Waals surface area contributed by atoms with Crippen LogP contribution < -0.4 is 4.74 Å². The Morgan fingerprint density at radius 3 is 1.63 bits per heavy atom. The maximum Gasteiger partial charge on any atom is 0.323 e. The molecule has 13 nitrogen and oxygen atoms in total. The van der Waals surface area contributed by atoms with Gasteiger partial charge in [-0.05, 0) is 43.4 Å². The van der Waals surface area contributed by atoms with E-state index in [4.69, 9.17) is 9.47 Å². The second-order valence-corrected chi connectivity index (χ2v) is 10.8. The fourth-order valence-corrected chi connectivity index (χ4v) is 5.08. The van der Waals surface area contributed by atoms with Crippen LogP contribution in [0.3, 0.4) is 0 Å². The summed E-state index contributed by atoms with van der Waals surface area (Å²) in [6.07, 6.45) is 4.02. The highest BCUT2D eigenvalue weighted by Crippen LogP contribution is 2.17. The molecule has 1 atom stereocenters. The first-order valence-electron chi connectivity index (χ1n) is 15.0. The van der Waals surface area contributed by atoms with E-state index in [2.05, 4.69) is 6.92 Å². The molecule has 0 saturated carbocycles. The summed E-state index contributed by atoms with van der Waals surface area (Å²) in [7, 11) is 1.34. The molecule has 43 heavy (non-hydrogen) atoms. The summed E-state index contributed by atoms with van der Waals surface area (Å²) in [4.78, 5) is 54.7. The molecule has 0 aromatic heterocycles. The van der Waals surface area contributed by atoms with Crippen molar-refractivity contribution in [2.24, 2.45) is 0 Å². The molecule has 0 aliphatic carbocycles. The number of carbonyl (C=O) groups excluding carboxylic acids is 1. The van der Waals surface area contributed by atoms with Gasteiger partial charge >= 0.3 is 23.9 Å². The maximum atomic E-state index is 13.0. The minimum atomic E-state index is -1.01. The fourth-order valence-electron chi connectivity index (χ4n) is 5.08.